The van der Waals surface area contributed by atoms with E-state index in [1.807, 2.05) is 12.1 Å². The van der Waals surface area contributed by atoms with Gasteiger partial charge in [0.2, 0.25) is 0 Å². The van der Waals surface area contributed by atoms with E-state index >= 15 is 0 Å². The number of amides is 1. The summed E-state index contributed by atoms with van der Waals surface area (Å²) in [7, 11) is 0. The molecular weight excluding hydrogens is 334 g/mol. The highest BCUT2D eigenvalue weighted by Crippen LogP contribution is 2.18. The number of anilines is 1. The van der Waals surface area contributed by atoms with Gasteiger partial charge in [0.1, 0.15) is 5.69 Å². The van der Waals surface area contributed by atoms with Gasteiger partial charge in [0.25, 0.3) is 5.91 Å². The van der Waals surface area contributed by atoms with Crippen LogP contribution in [-0.2, 0) is 0 Å². The fourth-order valence-corrected chi connectivity index (χ4v) is 2.43. The number of carbonyl (C=O) groups excluding carboxylic acids is 1. The van der Waals surface area contributed by atoms with Gasteiger partial charge in [-0.05, 0) is 24.3 Å². The zero-order chi connectivity index (χ0) is 14.8. The fraction of sp³-hybridized carbons (Fsp3) is 0. The second-order valence-electron chi connectivity index (χ2n) is 4.40. The van der Waals surface area contributed by atoms with Gasteiger partial charge in [-0.25, -0.2) is 4.79 Å². The number of halogens is 1. The molecule has 0 atom stereocenters. The van der Waals surface area contributed by atoms with Crippen LogP contribution in [-0.4, -0.2) is 15.9 Å². The third-order valence-corrected chi connectivity index (χ3v) is 3.43. The van der Waals surface area contributed by atoms with Crippen molar-refractivity contribution in [1.82, 2.24) is 9.97 Å². The highest BCUT2D eigenvalue weighted by atomic mass is 79.9. The highest BCUT2D eigenvalue weighted by Gasteiger charge is 2.13. The van der Waals surface area contributed by atoms with Crippen LogP contribution in [0.3, 0.4) is 0 Å². The Bertz CT molecular complexity index is 889. The van der Waals surface area contributed by atoms with E-state index in [4.69, 9.17) is 0 Å². The van der Waals surface area contributed by atoms with E-state index in [2.05, 4.69) is 31.2 Å². The maximum absolute atomic E-state index is 12.3. The van der Waals surface area contributed by atoms with Gasteiger partial charge in [-0.3, -0.25) is 4.79 Å². The Hall–Kier alpha value is -2.47. The number of hydrogen-bond donors (Lipinski definition) is 2. The number of rotatable bonds is 2. The summed E-state index contributed by atoms with van der Waals surface area (Å²) in [4.78, 5) is 30.3. The number of aromatic amines is 1. The molecule has 2 aromatic carbocycles. The summed E-state index contributed by atoms with van der Waals surface area (Å²) in [5, 5.41) is 3.34. The van der Waals surface area contributed by atoms with Crippen LogP contribution in [0.15, 0.2) is 57.8 Å². The predicted octanol–water partition coefficient (Wildman–Crippen LogP) is 2.94. The maximum Gasteiger partial charge on any atom is 0.346 e. The molecule has 2 N–H and O–H groups in total. The van der Waals surface area contributed by atoms with Crippen LogP contribution in [0.5, 0.6) is 0 Å². The fourth-order valence-electron chi connectivity index (χ4n) is 2.03. The van der Waals surface area contributed by atoms with Crippen LogP contribution >= 0.6 is 15.9 Å². The first kappa shape index (κ1) is 13.5. The monoisotopic (exact) mass is 343 g/mol. The summed E-state index contributed by atoms with van der Waals surface area (Å²) < 4.78 is 0.851. The lowest BCUT2D eigenvalue weighted by Crippen LogP contribution is -2.21. The van der Waals surface area contributed by atoms with Crippen molar-refractivity contribution >= 4 is 38.4 Å². The lowest BCUT2D eigenvalue weighted by atomic mass is 10.2. The summed E-state index contributed by atoms with van der Waals surface area (Å²) in [6.07, 6.45) is 0. The zero-order valence-electron chi connectivity index (χ0n) is 10.8. The summed E-state index contributed by atoms with van der Waals surface area (Å²) in [6.45, 7) is 0. The number of benzene rings is 2. The Kier molecular flexibility index (Phi) is 3.53. The van der Waals surface area contributed by atoms with Crippen molar-refractivity contribution in [3.63, 3.8) is 0 Å². The molecule has 6 heteroatoms. The van der Waals surface area contributed by atoms with Gasteiger partial charge in [0, 0.05) is 15.5 Å². The van der Waals surface area contributed by atoms with Crippen LogP contribution in [0, 0.1) is 0 Å². The van der Waals surface area contributed by atoms with Crippen molar-refractivity contribution in [3.05, 3.63) is 69.2 Å². The van der Waals surface area contributed by atoms with Gasteiger partial charge in [0.15, 0.2) is 0 Å². The van der Waals surface area contributed by atoms with E-state index in [1.54, 1.807) is 36.4 Å². The van der Waals surface area contributed by atoms with E-state index in [1.165, 1.54) is 0 Å². The molecule has 3 rings (SSSR count). The summed E-state index contributed by atoms with van der Waals surface area (Å²) >= 11 is 3.34. The number of carbonyl (C=O) groups is 1. The van der Waals surface area contributed by atoms with Gasteiger partial charge in [-0.2, -0.15) is 4.98 Å². The summed E-state index contributed by atoms with van der Waals surface area (Å²) in [6, 6.07) is 14.2. The summed E-state index contributed by atoms with van der Waals surface area (Å²) in [5.41, 5.74) is 0.764. The normalized spacial score (nSPS) is 10.5. The minimum absolute atomic E-state index is 0.106. The second-order valence-corrected chi connectivity index (χ2v) is 5.32. The first-order valence-electron chi connectivity index (χ1n) is 6.19. The van der Waals surface area contributed by atoms with Gasteiger partial charge in [-0.1, -0.05) is 40.2 Å². The Balaban J connectivity index is 2.04. The number of nitrogens with zero attached hydrogens (tertiary/aromatic N) is 1. The molecule has 0 aliphatic rings. The van der Waals surface area contributed by atoms with Crippen LogP contribution < -0.4 is 11.0 Å². The molecule has 3 aromatic rings. The van der Waals surface area contributed by atoms with Gasteiger partial charge >= 0.3 is 5.69 Å². The van der Waals surface area contributed by atoms with E-state index < -0.39 is 11.6 Å². The lowest BCUT2D eigenvalue weighted by molar-refractivity contribution is 0.102. The molecule has 0 aliphatic carbocycles. The summed E-state index contributed by atoms with van der Waals surface area (Å²) in [5.74, 6) is -0.421. The molecule has 0 radical (unpaired) electrons. The first-order chi connectivity index (χ1) is 10.1. The van der Waals surface area contributed by atoms with Crippen molar-refractivity contribution in [2.75, 3.05) is 5.32 Å². The molecule has 1 aromatic heterocycles. The Morgan fingerprint density at radius 1 is 1.14 bits per heavy atom. The van der Waals surface area contributed by atoms with Gasteiger partial charge in [0.05, 0.1) is 5.52 Å². The van der Waals surface area contributed by atoms with E-state index in [0.717, 1.165) is 4.47 Å². The average Bonchev–Trinajstić information content (AvgIpc) is 2.46. The van der Waals surface area contributed by atoms with Crippen LogP contribution in [0.25, 0.3) is 10.9 Å². The largest absolute Gasteiger partial charge is 0.346 e. The molecule has 5 nitrogen and oxygen atoms in total. The van der Waals surface area contributed by atoms with Crippen LogP contribution in [0.4, 0.5) is 5.69 Å². The molecule has 0 saturated carbocycles. The highest BCUT2D eigenvalue weighted by molar-refractivity contribution is 9.10. The van der Waals surface area contributed by atoms with Crippen molar-refractivity contribution in [3.8, 4) is 0 Å². The van der Waals surface area contributed by atoms with Gasteiger partial charge < -0.3 is 10.3 Å². The van der Waals surface area contributed by atoms with Crippen molar-refractivity contribution < 1.29 is 4.79 Å². The lowest BCUT2D eigenvalue weighted by Gasteiger charge is -2.07. The minimum atomic E-state index is -0.548. The number of nitrogens with one attached hydrogen (secondary N) is 2. The van der Waals surface area contributed by atoms with E-state index in [-0.39, 0.29) is 5.69 Å². The number of para-hydroxylation sites is 1. The quantitative estimate of drug-likeness (QED) is 0.751. The molecule has 1 amide bonds. The first-order valence-corrected chi connectivity index (χ1v) is 6.99. The van der Waals surface area contributed by atoms with Crippen molar-refractivity contribution in [1.29, 1.82) is 0 Å². The van der Waals surface area contributed by atoms with Gasteiger partial charge in [-0.15, -0.1) is 0 Å². The molecule has 0 fully saturated rings. The Morgan fingerprint density at radius 3 is 2.76 bits per heavy atom. The van der Waals surface area contributed by atoms with Crippen LogP contribution in [0.1, 0.15) is 10.5 Å². The van der Waals surface area contributed by atoms with Crippen molar-refractivity contribution in [2.45, 2.75) is 0 Å². The molecule has 0 bridgehead atoms. The molecule has 1 heterocycles. The molecule has 21 heavy (non-hydrogen) atoms. The molecule has 0 saturated heterocycles. The number of H-pyrrole nitrogens is 1. The third kappa shape index (κ3) is 2.85. The maximum atomic E-state index is 12.3. The smallest absolute Gasteiger partial charge is 0.321 e. The van der Waals surface area contributed by atoms with Crippen molar-refractivity contribution in [2.24, 2.45) is 0 Å². The number of fused-ring (bicyclic) bond motifs is 1. The molecule has 0 aliphatic heterocycles. The number of hydrogen-bond acceptors (Lipinski definition) is 3. The Morgan fingerprint density at radius 2 is 1.95 bits per heavy atom. The zero-order valence-corrected chi connectivity index (χ0v) is 12.3. The third-order valence-electron chi connectivity index (χ3n) is 2.93. The average molecular weight is 344 g/mol. The topological polar surface area (TPSA) is 74.8 Å². The Labute approximate surface area is 128 Å². The molecule has 0 unspecified atom stereocenters. The standard InChI is InChI=1S/C15H10BrN3O2/c16-9-4-3-5-10(8-9)17-14(20)13-11-6-1-2-7-12(11)18-15(21)19-13/h1-8H,(H,17,20)(H,18,19,21). The van der Waals surface area contributed by atoms with E-state index in [0.29, 0.717) is 16.6 Å². The minimum Gasteiger partial charge on any atom is -0.321 e. The molecule has 0 spiro atoms. The van der Waals surface area contributed by atoms with Crippen LogP contribution in [0.2, 0.25) is 0 Å². The number of aromatic nitrogens is 2. The predicted molar refractivity (Wildman–Crippen MR) is 84.5 cm³/mol. The second kappa shape index (κ2) is 5.49. The molecule has 104 valence electrons. The SMILES string of the molecule is O=C(Nc1cccc(Br)c1)c1nc(=O)[nH]c2ccccc12. The van der Waals surface area contributed by atoms with E-state index in [9.17, 15) is 9.59 Å². The molecular formula is C15H10BrN3O2.